The van der Waals surface area contributed by atoms with E-state index in [9.17, 15) is 10.2 Å². The van der Waals surface area contributed by atoms with Crippen LogP contribution in [0.15, 0.2) is 0 Å². The highest BCUT2D eigenvalue weighted by molar-refractivity contribution is 4.91. The molecule has 4 atom stereocenters. The van der Waals surface area contributed by atoms with E-state index in [0.29, 0.717) is 17.8 Å². The molecule has 0 aromatic rings. The Morgan fingerprint density at radius 2 is 1.67 bits per heavy atom. The van der Waals surface area contributed by atoms with Crippen LogP contribution in [0.5, 0.6) is 0 Å². The third-order valence-electron chi connectivity index (χ3n) is 4.39. The Morgan fingerprint density at radius 3 is 2.27 bits per heavy atom. The molecule has 15 heavy (non-hydrogen) atoms. The molecule has 0 saturated heterocycles. The first kappa shape index (κ1) is 11.4. The van der Waals surface area contributed by atoms with Crippen LogP contribution in [-0.2, 0) is 0 Å². The van der Waals surface area contributed by atoms with Crippen LogP contribution in [0.2, 0.25) is 0 Å². The van der Waals surface area contributed by atoms with Crippen LogP contribution < -0.4 is 0 Å². The minimum Gasteiger partial charge on any atom is -0.390 e. The van der Waals surface area contributed by atoms with Gasteiger partial charge in [0.1, 0.15) is 0 Å². The second-order valence-electron chi connectivity index (χ2n) is 5.44. The van der Waals surface area contributed by atoms with E-state index in [2.05, 4.69) is 6.92 Å². The number of aliphatic hydroxyl groups excluding tert-OH is 2. The lowest BCUT2D eigenvalue weighted by atomic mass is 9.73. The average molecular weight is 212 g/mol. The third kappa shape index (κ3) is 2.54. The van der Waals surface area contributed by atoms with Crippen molar-refractivity contribution in [3.05, 3.63) is 0 Å². The van der Waals surface area contributed by atoms with Crippen molar-refractivity contribution in [2.24, 2.45) is 17.8 Å². The zero-order valence-corrected chi connectivity index (χ0v) is 9.73. The van der Waals surface area contributed by atoms with Gasteiger partial charge < -0.3 is 10.2 Å². The minimum atomic E-state index is -0.456. The Hall–Kier alpha value is -0.0800. The SMILES string of the molecule is CCC1CCCCC1C(O)C(O)C1CC1. The predicted octanol–water partition coefficient (Wildman–Crippen LogP) is 2.33. The van der Waals surface area contributed by atoms with Crippen LogP contribution in [-0.4, -0.2) is 22.4 Å². The molecule has 0 heterocycles. The quantitative estimate of drug-likeness (QED) is 0.751. The van der Waals surface area contributed by atoms with Crippen molar-refractivity contribution in [1.82, 2.24) is 0 Å². The molecule has 2 rings (SSSR count). The lowest BCUT2D eigenvalue weighted by molar-refractivity contribution is -0.0547. The summed E-state index contributed by atoms with van der Waals surface area (Å²) in [7, 11) is 0. The number of rotatable bonds is 4. The monoisotopic (exact) mass is 212 g/mol. The minimum absolute atomic E-state index is 0.361. The summed E-state index contributed by atoms with van der Waals surface area (Å²) in [5, 5.41) is 20.2. The second-order valence-corrected chi connectivity index (χ2v) is 5.44. The van der Waals surface area contributed by atoms with Gasteiger partial charge in [-0.25, -0.2) is 0 Å². The summed E-state index contributed by atoms with van der Waals surface area (Å²) in [5.41, 5.74) is 0. The molecule has 0 bridgehead atoms. The predicted molar refractivity (Wildman–Crippen MR) is 60.5 cm³/mol. The van der Waals surface area contributed by atoms with E-state index < -0.39 is 12.2 Å². The van der Waals surface area contributed by atoms with Crippen LogP contribution in [0.25, 0.3) is 0 Å². The van der Waals surface area contributed by atoms with Crippen LogP contribution in [0.4, 0.5) is 0 Å². The molecule has 2 heteroatoms. The molecular formula is C13H24O2. The van der Waals surface area contributed by atoms with Crippen molar-refractivity contribution in [3.8, 4) is 0 Å². The van der Waals surface area contributed by atoms with Gasteiger partial charge in [0, 0.05) is 0 Å². The summed E-state index contributed by atoms with van der Waals surface area (Å²) in [5.74, 6) is 1.40. The molecule has 0 spiro atoms. The van der Waals surface area contributed by atoms with Gasteiger partial charge >= 0.3 is 0 Å². The molecule has 2 nitrogen and oxygen atoms in total. The van der Waals surface area contributed by atoms with Crippen LogP contribution in [0.1, 0.15) is 51.9 Å². The highest BCUT2D eigenvalue weighted by Crippen LogP contribution is 2.40. The van der Waals surface area contributed by atoms with Gasteiger partial charge in [-0.2, -0.15) is 0 Å². The lowest BCUT2D eigenvalue weighted by Crippen LogP contribution is -2.40. The molecule has 0 amide bonds. The summed E-state index contributed by atoms with van der Waals surface area (Å²) >= 11 is 0. The van der Waals surface area contributed by atoms with Gasteiger partial charge in [0.05, 0.1) is 12.2 Å². The summed E-state index contributed by atoms with van der Waals surface area (Å²) in [6, 6.07) is 0. The summed E-state index contributed by atoms with van der Waals surface area (Å²) in [6.07, 6.45) is 7.38. The summed E-state index contributed by atoms with van der Waals surface area (Å²) in [4.78, 5) is 0. The van der Waals surface area contributed by atoms with Crippen molar-refractivity contribution >= 4 is 0 Å². The Bertz CT molecular complexity index is 201. The van der Waals surface area contributed by atoms with E-state index in [0.717, 1.165) is 25.7 Å². The maximum absolute atomic E-state index is 10.2. The fourth-order valence-electron chi connectivity index (χ4n) is 3.16. The maximum atomic E-state index is 10.2. The molecule has 4 unspecified atom stereocenters. The van der Waals surface area contributed by atoms with E-state index >= 15 is 0 Å². The molecule has 0 aromatic heterocycles. The third-order valence-corrected chi connectivity index (χ3v) is 4.39. The zero-order chi connectivity index (χ0) is 10.8. The second kappa shape index (κ2) is 4.84. The number of aliphatic hydroxyl groups is 2. The first-order valence-corrected chi connectivity index (χ1v) is 6.60. The van der Waals surface area contributed by atoms with E-state index in [-0.39, 0.29) is 0 Å². The van der Waals surface area contributed by atoms with Gasteiger partial charge in [-0.3, -0.25) is 0 Å². The molecule has 2 fully saturated rings. The van der Waals surface area contributed by atoms with Crippen molar-refractivity contribution in [2.45, 2.75) is 64.1 Å². The zero-order valence-electron chi connectivity index (χ0n) is 9.73. The lowest BCUT2D eigenvalue weighted by Gasteiger charge is -2.36. The van der Waals surface area contributed by atoms with Gasteiger partial charge in [-0.1, -0.05) is 32.6 Å². The molecule has 88 valence electrons. The van der Waals surface area contributed by atoms with Crippen molar-refractivity contribution in [2.75, 3.05) is 0 Å². The Kier molecular flexibility index (Phi) is 3.68. The topological polar surface area (TPSA) is 40.5 Å². The van der Waals surface area contributed by atoms with Crippen LogP contribution >= 0.6 is 0 Å². The highest BCUT2D eigenvalue weighted by atomic mass is 16.3. The smallest absolute Gasteiger partial charge is 0.0832 e. The summed E-state index contributed by atoms with van der Waals surface area (Å²) < 4.78 is 0. The van der Waals surface area contributed by atoms with E-state index in [1.54, 1.807) is 0 Å². The summed E-state index contributed by atoms with van der Waals surface area (Å²) in [6.45, 7) is 2.21. The fraction of sp³-hybridized carbons (Fsp3) is 1.00. The molecule has 2 saturated carbocycles. The normalized spacial score (nSPS) is 36.2. The van der Waals surface area contributed by atoms with Crippen molar-refractivity contribution in [1.29, 1.82) is 0 Å². The molecule has 2 N–H and O–H groups in total. The van der Waals surface area contributed by atoms with E-state index in [1.807, 2.05) is 0 Å². The molecule has 0 aromatic carbocycles. The molecule has 2 aliphatic carbocycles. The fourth-order valence-corrected chi connectivity index (χ4v) is 3.16. The van der Waals surface area contributed by atoms with E-state index in [1.165, 1.54) is 19.3 Å². The molecule has 2 aliphatic rings. The Labute approximate surface area is 92.7 Å². The first-order valence-electron chi connectivity index (χ1n) is 6.60. The Morgan fingerprint density at radius 1 is 1.00 bits per heavy atom. The average Bonchev–Trinajstić information content (AvgIpc) is 3.11. The molecule has 0 aliphatic heterocycles. The Balaban J connectivity index is 1.93. The first-order chi connectivity index (χ1) is 7.24. The molecular weight excluding hydrogens is 188 g/mol. The van der Waals surface area contributed by atoms with Gasteiger partial charge in [0.2, 0.25) is 0 Å². The maximum Gasteiger partial charge on any atom is 0.0832 e. The van der Waals surface area contributed by atoms with Gasteiger partial charge in [0.15, 0.2) is 0 Å². The van der Waals surface area contributed by atoms with E-state index in [4.69, 9.17) is 0 Å². The number of hydrogen-bond donors (Lipinski definition) is 2. The van der Waals surface area contributed by atoms with Gasteiger partial charge in [0.25, 0.3) is 0 Å². The van der Waals surface area contributed by atoms with Crippen LogP contribution in [0, 0.1) is 17.8 Å². The van der Waals surface area contributed by atoms with Crippen LogP contribution in [0.3, 0.4) is 0 Å². The number of hydrogen-bond acceptors (Lipinski definition) is 2. The molecule has 0 radical (unpaired) electrons. The standard InChI is InChI=1S/C13H24O2/c1-2-9-5-3-4-6-11(9)13(15)12(14)10-7-8-10/h9-15H,2-8H2,1H3. The van der Waals surface area contributed by atoms with Crippen molar-refractivity contribution in [3.63, 3.8) is 0 Å². The highest BCUT2D eigenvalue weighted by Gasteiger charge is 2.40. The van der Waals surface area contributed by atoms with Crippen molar-refractivity contribution < 1.29 is 10.2 Å². The van der Waals surface area contributed by atoms with Gasteiger partial charge in [-0.05, 0) is 37.0 Å². The van der Waals surface area contributed by atoms with Gasteiger partial charge in [-0.15, -0.1) is 0 Å². The largest absolute Gasteiger partial charge is 0.390 e.